The number of para-hydroxylation sites is 1. The van der Waals surface area contributed by atoms with Crippen LogP contribution in [0.15, 0.2) is 79.1 Å². The Labute approximate surface area is 252 Å². The molecule has 14 nitrogen and oxygen atoms in total. The van der Waals surface area contributed by atoms with Crippen molar-refractivity contribution in [3.8, 4) is 11.8 Å². The number of fused-ring (bicyclic) bond motifs is 1. The summed E-state index contributed by atoms with van der Waals surface area (Å²) < 4.78 is 38.2. The number of esters is 1. The molecule has 1 aliphatic rings. The summed E-state index contributed by atoms with van der Waals surface area (Å²) in [7, 11) is -4.42. The summed E-state index contributed by atoms with van der Waals surface area (Å²) in [6.45, 7) is 1.12. The normalized spacial score (nSPS) is 23.5. The van der Waals surface area contributed by atoms with Crippen LogP contribution in [0.25, 0.3) is 5.52 Å². The van der Waals surface area contributed by atoms with Crippen LogP contribution in [0.1, 0.15) is 18.2 Å². The van der Waals surface area contributed by atoms with Gasteiger partial charge in [-0.15, -0.1) is 0 Å². The van der Waals surface area contributed by atoms with Crippen molar-refractivity contribution in [1.82, 2.24) is 19.7 Å². The number of nitrogens with two attached hydrogens (primary N) is 1. The Hall–Kier alpha value is -4.35. The van der Waals surface area contributed by atoms with E-state index >= 15 is 0 Å². The number of hydrogen-bond donors (Lipinski definition) is 4. The molecule has 1 unspecified atom stereocenters. The number of nitriles is 1. The van der Waals surface area contributed by atoms with Gasteiger partial charge in [-0.2, -0.15) is 15.4 Å². The lowest BCUT2D eigenvalue weighted by molar-refractivity contribution is -0.145. The molecule has 5 rings (SSSR count). The molecule has 44 heavy (non-hydrogen) atoms. The van der Waals surface area contributed by atoms with Gasteiger partial charge in [0, 0.05) is 0 Å². The Morgan fingerprint density at radius 3 is 2.57 bits per heavy atom. The fourth-order valence-corrected chi connectivity index (χ4v) is 6.40. The third kappa shape index (κ3) is 6.29. The Bertz CT molecular complexity index is 1680. The molecule has 15 heteroatoms. The zero-order valence-corrected chi connectivity index (χ0v) is 24.5. The van der Waals surface area contributed by atoms with E-state index in [4.69, 9.17) is 24.3 Å². The summed E-state index contributed by atoms with van der Waals surface area (Å²) >= 11 is 0. The summed E-state index contributed by atoms with van der Waals surface area (Å²) in [5.74, 6) is -0.389. The fraction of sp³-hybridized carbons (Fsp3) is 0.310. The third-order valence-electron chi connectivity index (χ3n) is 7.03. The highest BCUT2D eigenvalue weighted by Gasteiger charge is 2.58. The van der Waals surface area contributed by atoms with Crippen LogP contribution in [-0.4, -0.2) is 68.3 Å². The van der Waals surface area contributed by atoms with Gasteiger partial charge in [-0.05, 0) is 43.2 Å². The molecule has 1 fully saturated rings. The number of nitrogens with one attached hydrogen (secondary N) is 1. The van der Waals surface area contributed by atoms with E-state index < -0.39 is 50.3 Å². The van der Waals surface area contributed by atoms with Crippen LogP contribution in [-0.2, 0) is 35.4 Å². The number of aliphatic hydroxyl groups is 2. The number of nitrogen functional groups attached to an aromatic ring is 1. The largest absolute Gasteiger partial charge is 0.465 e. The van der Waals surface area contributed by atoms with Crippen molar-refractivity contribution in [2.45, 2.75) is 43.3 Å². The second kappa shape index (κ2) is 13.1. The molecule has 5 N–H and O–H groups in total. The topological polar surface area (TPSA) is 204 Å². The first-order valence-electron chi connectivity index (χ1n) is 13.7. The molecular weight excluding hydrogens is 591 g/mol. The number of ether oxygens (including phenoxy) is 2. The van der Waals surface area contributed by atoms with Gasteiger partial charge in [0.1, 0.15) is 48.0 Å². The maximum Gasteiger partial charge on any atom is 0.459 e. The Morgan fingerprint density at radius 1 is 1.18 bits per heavy atom. The molecule has 0 aliphatic carbocycles. The number of hydrogen-bond acceptors (Lipinski definition) is 12. The summed E-state index contributed by atoms with van der Waals surface area (Å²) in [5.41, 5.74) is 5.02. The van der Waals surface area contributed by atoms with Gasteiger partial charge in [0.2, 0.25) is 5.60 Å². The minimum absolute atomic E-state index is 0.0811. The lowest BCUT2D eigenvalue weighted by atomic mass is 9.92. The number of carbonyl (C=O) groups excluding carboxylic acids is 1. The Morgan fingerprint density at radius 2 is 1.89 bits per heavy atom. The number of nitrogens with zero attached hydrogens (tertiary/aromatic N) is 4. The first-order valence-corrected chi connectivity index (χ1v) is 15.3. The van der Waals surface area contributed by atoms with Gasteiger partial charge >= 0.3 is 13.7 Å². The quantitative estimate of drug-likeness (QED) is 0.132. The van der Waals surface area contributed by atoms with Crippen molar-refractivity contribution >= 4 is 25.1 Å². The SMILES string of the molecule is CCOC(=O)[C@H](Cc1ccccc1)NP(=O)(OC[C@H]1O[C@](C#N)(c2ccc3c(N)ncnn23)[C@H](O)[C@@H]1O)Oc1ccccc1. The second-order valence-corrected chi connectivity index (χ2v) is 11.6. The molecular formula is C29H31N6O8P. The van der Waals surface area contributed by atoms with Gasteiger partial charge in [-0.3, -0.25) is 9.32 Å². The molecule has 0 saturated carbocycles. The first-order chi connectivity index (χ1) is 21.2. The highest BCUT2D eigenvalue weighted by atomic mass is 31.2. The monoisotopic (exact) mass is 622 g/mol. The number of benzene rings is 2. The molecule has 4 aromatic rings. The standard InChI is InChI=1S/C29H31N6O8P/c1-2-40-28(38)21(15-19-9-5-3-6-10-19)34-44(39,43-20-11-7-4-8-12-20)41-16-23-25(36)26(37)29(17-30,42-23)24-14-13-22-27(31)32-18-33-35(22)24/h3-14,18,21,23,25-26,36-37H,2,15-16H2,1H3,(H,34,39)(H2,31,32,33)/t21-,23+,25+,26+,29+,44?/m0/s1. The molecule has 0 amide bonds. The van der Waals surface area contributed by atoms with E-state index in [0.29, 0.717) is 5.52 Å². The molecule has 6 atom stereocenters. The van der Waals surface area contributed by atoms with Gasteiger partial charge in [-0.25, -0.2) is 14.1 Å². The number of aliphatic hydroxyl groups excluding tert-OH is 2. The molecule has 0 bridgehead atoms. The molecule has 2 aromatic carbocycles. The van der Waals surface area contributed by atoms with Gasteiger partial charge in [0.15, 0.2) is 5.82 Å². The van der Waals surface area contributed by atoms with E-state index in [1.165, 1.54) is 16.9 Å². The van der Waals surface area contributed by atoms with E-state index in [2.05, 4.69) is 15.2 Å². The third-order valence-corrected chi connectivity index (χ3v) is 8.60. The molecule has 2 aromatic heterocycles. The maximum atomic E-state index is 14.2. The minimum Gasteiger partial charge on any atom is -0.465 e. The number of aromatic nitrogens is 3. The second-order valence-electron chi connectivity index (χ2n) is 9.92. The van der Waals surface area contributed by atoms with Crippen molar-refractivity contribution in [3.63, 3.8) is 0 Å². The van der Waals surface area contributed by atoms with Crippen LogP contribution in [0.5, 0.6) is 5.75 Å². The van der Waals surface area contributed by atoms with E-state index in [1.807, 2.05) is 12.1 Å². The highest BCUT2D eigenvalue weighted by Crippen LogP contribution is 2.47. The number of anilines is 1. The molecule has 0 radical (unpaired) electrons. The number of rotatable bonds is 12. The summed E-state index contributed by atoms with van der Waals surface area (Å²) in [6.07, 6.45) is -3.51. The van der Waals surface area contributed by atoms with Gasteiger partial charge in [-0.1, -0.05) is 48.5 Å². The highest BCUT2D eigenvalue weighted by molar-refractivity contribution is 7.52. The number of carbonyl (C=O) groups is 1. The summed E-state index contributed by atoms with van der Waals surface area (Å²) in [5, 5.41) is 39.0. The van der Waals surface area contributed by atoms with Gasteiger partial charge < -0.3 is 29.9 Å². The lowest BCUT2D eigenvalue weighted by Gasteiger charge is -2.26. The van der Waals surface area contributed by atoms with Crippen LogP contribution >= 0.6 is 7.75 Å². The smallest absolute Gasteiger partial charge is 0.459 e. The first kappa shape index (κ1) is 31.1. The Balaban J connectivity index is 1.42. The van der Waals surface area contributed by atoms with Crippen LogP contribution in [0.2, 0.25) is 0 Å². The zero-order valence-electron chi connectivity index (χ0n) is 23.6. The van der Waals surface area contributed by atoms with E-state index in [-0.39, 0.29) is 30.3 Å². The molecule has 230 valence electrons. The molecule has 1 aliphatic heterocycles. The van der Waals surface area contributed by atoms with Crippen molar-refractivity contribution in [2.75, 3.05) is 18.9 Å². The van der Waals surface area contributed by atoms with Crippen LogP contribution < -0.4 is 15.3 Å². The van der Waals surface area contributed by atoms with Crippen molar-refractivity contribution < 1.29 is 38.1 Å². The van der Waals surface area contributed by atoms with Crippen molar-refractivity contribution in [2.24, 2.45) is 0 Å². The van der Waals surface area contributed by atoms with Gasteiger partial charge in [0.05, 0.1) is 18.9 Å². The van der Waals surface area contributed by atoms with Crippen molar-refractivity contribution in [3.05, 3.63) is 90.4 Å². The minimum atomic E-state index is -4.42. The van der Waals surface area contributed by atoms with Crippen LogP contribution in [0, 0.1) is 11.3 Å². The zero-order chi connectivity index (χ0) is 31.3. The van der Waals surface area contributed by atoms with Gasteiger partial charge in [0.25, 0.3) is 0 Å². The predicted octanol–water partition coefficient (Wildman–Crippen LogP) is 2.12. The van der Waals surface area contributed by atoms with E-state index in [1.54, 1.807) is 67.6 Å². The van der Waals surface area contributed by atoms with Crippen LogP contribution in [0.4, 0.5) is 5.82 Å². The van der Waals surface area contributed by atoms with E-state index in [9.17, 15) is 24.8 Å². The Kier molecular flexibility index (Phi) is 9.26. The average Bonchev–Trinajstić information content (AvgIpc) is 3.57. The van der Waals surface area contributed by atoms with Crippen LogP contribution in [0.3, 0.4) is 0 Å². The molecule has 0 spiro atoms. The average molecular weight is 623 g/mol. The van der Waals surface area contributed by atoms with E-state index in [0.717, 1.165) is 5.56 Å². The molecule has 1 saturated heterocycles. The molecule has 3 heterocycles. The maximum absolute atomic E-state index is 14.2. The fourth-order valence-electron chi connectivity index (χ4n) is 4.90. The van der Waals surface area contributed by atoms with Crippen molar-refractivity contribution in [1.29, 1.82) is 5.26 Å². The predicted molar refractivity (Wildman–Crippen MR) is 156 cm³/mol. The summed E-state index contributed by atoms with van der Waals surface area (Å²) in [4.78, 5) is 16.9. The summed E-state index contributed by atoms with van der Waals surface area (Å²) in [6, 6.07) is 21.0. The lowest BCUT2D eigenvalue weighted by Crippen LogP contribution is -2.41.